The molecule has 5 aromatic rings. The smallest absolute Gasteiger partial charge is 0.343 e. The van der Waals surface area contributed by atoms with Crippen molar-refractivity contribution in [1.82, 2.24) is 10.4 Å². The van der Waals surface area contributed by atoms with Gasteiger partial charge in [0.15, 0.2) is 11.5 Å². The maximum Gasteiger partial charge on any atom is 0.343 e. The summed E-state index contributed by atoms with van der Waals surface area (Å²) in [4.78, 5) is 29.0. The third kappa shape index (κ3) is 5.92. The molecule has 4 aromatic carbocycles. The number of aromatic amines is 1. The molecule has 0 saturated carbocycles. The van der Waals surface area contributed by atoms with Gasteiger partial charge < -0.3 is 19.2 Å². The number of fused-ring (bicyclic) bond motifs is 1. The van der Waals surface area contributed by atoms with Crippen LogP contribution in [-0.4, -0.2) is 37.3 Å². The fourth-order valence-corrected chi connectivity index (χ4v) is 4.56. The molecule has 0 aliphatic carbocycles. The Morgan fingerprint density at radius 1 is 0.902 bits per heavy atom. The first-order valence-corrected chi connectivity index (χ1v) is 13.0. The van der Waals surface area contributed by atoms with Crippen molar-refractivity contribution in [2.45, 2.75) is 6.92 Å². The van der Waals surface area contributed by atoms with Crippen molar-refractivity contribution < 1.29 is 23.8 Å². The number of hydrazone groups is 1. The highest BCUT2D eigenvalue weighted by molar-refractivity contribution is 6.34. The van der Waals surface area contributed by atoms with Crippen molar-refractivity contribution in [1.29, 1.82) is 0 Å². The topological polar surface area (TPSA) is 102 Å². The Labute approximate surface area is 241 Å². The number of carbonyl (C=O) groups excluding carboxylic acids is 2. The molecule has 1 heterocycles. The largest absolute Gasteiger partial charge is 0.497 e. The van der Waals surface area contributed by atoms with Crippen LogP contribution >= 0.6 is 11.6 Å². The molecule has 0 fully saturated rings. The molecule has 2 N–H and O–H groups in total. The molecule has 8 nitrogen and oxygen atoms in total. The number of hydrogen-bond acceptors (Lipinski definition) is 6. The van der Waals surface area contributed by atoms with Gasteiger partial charge in [-0.15, -0.1) is 0 Å². The van der Waals surface area contributed by atoms with Crippen LogP contribution in [-0.2, 0) is 0 Å². The van der Waals surface area contributed by atoms with Gasteiger partial charge in [0.25, 0.3) is 5.91 Å². The van der Waals surface area contributed by atoms with Crippen LogP contribution < -0.4 is 19.6 Å². The monoisotopic (exact) mass is 567 g/mol. The number of aryl methyl sites for hydroxylation is 1. The Hall–Kier alpha value is -5.08. The molecule has 5 rings (SSSR count). The van der Waals surface area contributed by atoms with Gasteiger partial charge in [0.05, 0.1) is 26.0 Å². The van der Waals surface area contributed by atoms with E-state index < -0.39 is 11.9 Å². The summed E-state index contributed by atoms with van der Waals surface area (Å²) in [7, 11) is 3.06. The Morgan fingerprint density at radius 2 is 1.68 bits per heavy atom. The summed E-state index contributed by atoms with van der Waals surface area (Å²) in [6.07, 6.45) is 1.47. The zero-order valence-corrected chi connectivity index (χ0v) is 23.3. The second kappa shape index (κ2) is 12.0. The van der Waals surface area contributed by atoms with Gasteiger partial charge in [0, 0.05) is 27.1 Å². The minimum absolute atomic E-state index is 0.261. The molecule has 1 amide bonds. The van der Waals surface area contributed by atoms with E-state index in [0.29, 0.717) is 44.5 Å². The fourth-order valence-electron chi connectivity index (χ4n) is 4.33. The first-order valence-electron chi connectivity index (χ1n) is 12.6. The van der Waals surface area contributed by atoms with Gasteiger partial charge in [0.1, 0.15) is 11.4 Å². The second-order valence-electron chi connectivity index (χ2n) is 9.13. The number of nitrogens with one attached hydrogen (secondary N) is 2. The molecular weight excluding hydrogens is 542 g/mol. The first kappa shape index (κ1) is 27.5. The number of halogens is 1. The van der Waals surface area contributed by atoms with E-state index >= 15 is 0 Å². The number of ether oxygens (including phenoxy) is 3. The summed E-state index contributed by atoms with van der Waals surface area (Å²) in [5.41, 5.74) is 7.04. The van der Waals surface area contributed by atoms with Gasteiger partial charge in [-0.25, -0.2) is 10.2 Å². The molecule has 0 saturated heterocycles. The van der Waals surface area contributed by atoms with E-state index in [1.807, 2.05) is 55.5 Å². The SMILES string of the molecule is COc1ccc2[nH]c(C(=O)NN=Cc3ccc(OC(=O)c4ccc(C)cc4)c(OC)c3)c(-c3ccccc3Cl)c2c1. The molecule has 41 heavy (non-hydrogen) atoms. The van der Waals surface area contributed by atoms with Gasteiger partial charge in [0.2, 0.25) is 0 Å². The van der Waals surface area contributed by atoms with E-state index in [1.165, 1.54) is 13.3 Å². The maximum atomic E-state index is 13.3. The predicted octanol–water partition coefficient (Wildman–Crippen LogP) is 6.80. The molecule has 0 atom stereocenters. The van der Waals surface area contributed by atoms with E-state index in [1.54, 1.807) is 43.5 Å². The van der Waals surface area contributed by atoms with E-state index in [2.05, 4.69) is 15.5 Å². The van der Waals surface area contributed by atoms with Crippen LogP contribution in [0.3, 0.4) is 0 Å². The molecule has 0 aliphatic rings. The molecule has 0 bridgehead atoms. The zero-order valence-electron chi connectivity index (χ0n) is 22.5. The lowest BCUT2D eigenvalue weighted by molar-refractivity contribution is 0.0729. The van der Waals surface area contributed by atoms with Crippen molar-refractivity contribution in [2.75, 3.05) is 14.2 Å². The van der Waals surface area contributed by atoms with Gasteiger partial charge in [-0.3, -0.25) is 4.79 Å². The first-order chi connectivity index (χ1) is 19.9. The van der Waals surface area contributed by atoms with Crippen LogP contribution in [0.4, 0.5) is 0 Å². The molecule has 9 heteroatoms. The third-order valence-electron chi connectivity index (χ3n) is 6.43. The van der Waals surface area contributed by atoms with Crippen LogP contribution in [0.1, 0.15) is 32.0 Å². The minimum atomic E-state index is -0.498. The molecule has 1 aromatic heterocycles. The second-order valence-corrected chi connectivity index (χ2v) is 9.54. The number of nitrogens with zero attached hydrogens (tertiary/aromatic N) is 1. The molecular formula is C32H26ClN3O5. The van der Waals surface area contributed by atoms with E-state index in [0.717, 1.165) is 16.5 Å². The summed E-state index contributed by atoms with van der Waals surface area (Å²) in [5, 5.41) is 5.42. The minimum Gasteiger partial charge on any atom is -0.497 e. The van der Waals surface area contributed by atoms with Gasteiger partial charge >= 0.3 is 5.97 Å². The van der Waals surface area contributed by atoms with Crippen LogP contribution in [0.2, 0.25) is 5.02 Å². The van der Waals surface area contributed by atoms with Crippen LogP contribution in [0.5, 0.6) is 17.2 Å². The Kier molecular flexibility index (Phi) is 8.03. The van der Waals surface area contributed by atoms with Crippen molar-refractivity contribution in [3.63, 3.8) is 0 Å². The molecule has 0 spiro atoms. The van der Waals surface area contributed by atoms with Crippen molar-refractivity contribution in [2.24, 2.45) is 5.10 Å². The lowest BCUT2D eigenvalue weighted by atomic mass is 10.0. The lowest BCUT2D eigenvalue weighted by Gasteiger charge is -2.10. The number of methoxy groups -OCH3 is 2. The number of hydrogen-bond donors (Lipinski definition) is 2. The van der Waals surface area contributed by atoms with Crippen molar-refractivity contribution in [3.8, 4) is 28.4 Å². The standard InChI is InChI=1S/C32H26ClN3O5/c1-19-8-11-21(12-9-19)32(38)41-27-15-10-20(16-28(27)40-3)18-34-36-31(37)30-29(23-6-4-5-7-25(23)33)24-17-22(39-2)13-14-26(24)35-30/h4-18,35H,1-3H3,(H,36,37). The summed E-state index contributed by atoms with van der Waals surface area (Å²) in [6, 6.07) is 24.8. The third-order valence-corrected chi connectivity index (χ3v) is 6.76. The number of H-pyrrole nitrogens is 1. The number of rotatable bonds is 8. The highest BCUT2D eigenvalue weighted by atomic mass is 35.5. The maximum absolute atomic E-state index is 13.3. The Bertz CT molecular complexity index is 1780. The summed E-state index contributed by atoms with van der Waals surface area (Å²) >= 11 is 6.51. The van der Waals surface area contributed by atoms with Crippen molar-refractivity contribution >= 4 is 40.6 Å². The molecule has 0 aliphatic heterocycles. The van der Waals surface area contributed by atoms with Gasteiger partial charge in [-0.05, 0) is 67.1 Å². The summed E-state index contributed by atoms with van der Waals surface area (Å²) in [6.45, 7) is 1.94. The number of carbonyl (C=O) groups is 2. The zero-order chi connectivity index (χ0) is 28.9. The Morgan fingerprint density at radius 3 is 2.41 bits per heavy atom. The lowest BCUT2D eigenvalue weighted by Crippen LogP contribution is -2.19. The number of aromatic nitrogens is 1. The predicted molar refractivity (Wildman–Crippen MR) is 159 cm³/mol. The average Bonchev–Trinajstić information content (AvgIpc) is 3.37. The van der Waals surface area contributed by atoms with Crippen molar-refractivity contribution in [3.05, 3.63) is 112 Å². The highest BCUT2D eigenvalue weighted by Gasteiger charge is 2.21. The fraction of sp³-hybridized carbons (Fsp3) is 0.0938. The normalized spacial score (nSPS) is 11.0. The summed E-state index contributed by atoms with van der Waals surface area (Å²) < 4.78 is 16.3. The van der Waals surface area contributed by atoms with Gasteiger partial charge in [-0.1, -0.05) is 47.5 Å². The van der Waals surface area contributed by atoms with Crippen LogP contribution in [0, 0.1) is 6.92 Å². The van der Waals surface area contributed by atoms with Gasteiger partial charge in [-0.2, -0.15) is 5.10 Å². The Balaban J connectivity index is 1.37. The average molecular weight is 568 g/mol. The van der Waals surface area contributed by atoms with Crippen LogP contribution in [0.15, 0.2) is 90.0 Å². The quantitative estimate of drug-likeness (QED) is 0.0929. The van der Waals surface area contributed by atoms with E-state index in [9.17, 15) is 9.59 Å². The number of amides is 1. The number of benzene rings is 4. The molecule has 206 valence electrons. The van der Waals surface area contributed by atoms with E-state index in [-0.39, 0.29) is 5.75 Å². The van der Waals surface area contributed by atoms with Crippen LogP contribution in [0.25, 0.3) is 22.0 Å². The molecule has 0 unspecified atom stereocenters. The van der Waals surface area contributed by atoms with E-state index in [4.69, 9.17) is 25.8 Å². The summed E-state index contributed by atoms with van der Waals surface area (Å²) in [5.74, 6) is 0.296. The number of esters is 1. The molecule has 0 radical (unpaired) electrons. The highest BCUT2D eigenvalue weighted by Crippen LogP contribution is 2.38.